The molecule has 0 unspecified atom stereocenters. The molecule has 27 heavy (non-hydrogen) atoms. The molecule has 1 N–H and O–H groups in total. The van der Waals surface area contributed by atoms with Gasteiger partial charge in [-0.15, -0.1) is 0 Å². The van der Waals surface area contributed by atoms with E-state index in [1.807, 2.05) is 19.1 Å². The smallest absolute Gasteiger partial charge is 0.416 e. The fraction of sp³-hybridized carbons (Fsp3) is 0.444. The van der Waals surface area contributed by atoms with E-state index in [1.54, 1.807) is 12.3 Å². The number of aromatic nitrogens is 2. The highest BCUT2D eigenvalue weighted by Crippen LogP contribution is 2.31. The number of hydrogen-bond acceptors (Lipinski definition) is 4. The van der Waals surface area contributed by atoms with Crippen molar-refractivity contribution in [3.8, 4) is 11.4 Å². The zero-order valence-electron chi connectivity index (χ0n) is 14.9. The molecule has 3 rings (SSSR count). The van der Waals surface area contributed by atoms with E-state index >= 15 is 0 Å². The number of hydrogen-bond donors (Lipinski definition) is 1. The van der Waals surface area contributed by atoms with Crippen molar-refractivity contribution in [2.24, 2.45) is 0 Å². The van der Waals surface area contributed by atoms with Crippen LogP contribution in [0.2, 0.25) is 0 Å². The van der Waals surface area contributed by atoms with Crippen molar-refractivity contribution in [3.63, 3.8) is 0 Å². The van der Waals surface area contributed by atoms with Gasteiger partial charge < -0.3 is 14.7 Å². The number of ether oxygens (including phenoxy) is 1. The van der Waals surface area contributed by atoms with Crippen LogP contribution in [0.5, 0.6) is 5.75 Å². The first kappa shape index (κ1) is 19.2. The topological polar surface area (TPSA) is 67.6 Å². The third-order valence-electron chi connectivity index (χ3n) is 4.65. The summed E-state index contributed by atoms with van der Waals surface area (Å²) in [7, 11) is 1.51. The Morgan fingerprint density at radius 3 is 2.78 bits per heavy atom. The summed E-state index contributed by atoms with van der Waals surface area (Å²) in [6.07, 6.45) is -5.30. The predicted molar refractivity (Wildman–Crippen MR) is 91.0 cm³/mol. The minimum absolute atomic E-state index is 0.0137. The summed E-state index contributed by atoms with van der Waals surface area (Å²) in [5.41, 5.74) is 1.59. The van der Waals surface area contributed by atoms with Crippen molar-refractivity contribution in [1.82, 2.24) is 14.7 Å². The van der Waals surface area contributed by atoms with Gasteiger partial charge in [-0.1, -0.05) is 6.07 Å². The second-order valence-electron chi connectivity index (χ2n) is 6.52. The van der Waals surface area contributed by atoms with E-state index in [-0.39, 0.29) is 18.7 Å². The van der Waals surface area contributed by atoms with Gasteiger partial charge in [-0.25, -0.2) is 4.68 Å². The SMILES string of the molecule is COc1ccc(C)cc1-n1ccc(C(=O)N2CCC[C@H]2[C@H](O)C(F)(F)F)n1. The van der Waals surface area contributed by atoms with Gasteiger partial charge in [0.15, 0.2) is 11.8 Å². The van der Waals surface area contributed by atoms with E-state index in [9.17, 15) is 23.1 Å². The number of carbonyl (C=O) groups excluding carboxylic acids is 1. The number of aryl methyl sites for hydroxylation is 1. The Labute approximate surface area is 154 Å². The number of rotatable bonds is 4. The molecule has 1 fully saturated rings. The minimum Gasteiger partial charge on any atom is -0.494 e. The maximum atomic E-state index is 12.9. The van der Waals surface area contributed by atoms with Crippen molar-refractivity contribution < 1.29 is 27.8 Å². The molecule has 0 bridgehead atoms. The number of halogens is 3. The van der Waals surface area contributed by atoms with Crippen LogP contribution in [0.4, 0.5) is 13.2 Å². The molecule has 0 aliphatic carbocycles. The fourth-order valence-corrected chi connectivity index (χ4v) is 3.29. The zero-order valence-corrected chi connectivity index (χ0v) is 14.9. The van der Waals surface area contributed by atoms with Crippen LogP contribution in [0, 0.1) is 6.92 Å². The van der Waals surface area contributed by atoms with Crippen LogP contribution in [0.25, 0.3) is 5.69 Å². The first-order valence-corrected chi connectivity index (χ1v) is 8.49. The lowest BCUT2D eigenvalue weighted by atomic mass is 10.1. The molecule has 1 aliphatic rings. The van der Waals surface area contributed by atoms with Gasteiger partial charge in [0.05, 0.1) is 13.2 Å². The Morgan fingerprint density at radius 1 is 1.37 bits per heavy atom. The number of methoxy groups -OCH3 is 1. The van der Waals surface area contributed by atoms with Gasteiger partial charge in [0, 0.05) is 12.7 Å². The molecule has 1 aromatic heterocycles. The van der Waals surface area contributed by atoms with Crippen molar-refractivity contribution in [2.45, 2.75) is 38.1 Å². The average Bonchev–Trinajstić information content (AvgIpc) is 3.29. The van der Waals surface area contributed by atoms with Crippen molar-refractivity contribution in [1.29, 1.82) is 0 Å². The molecule has 0 spiro atoms. The maximum absolute atomic E-state index is 12.9. The van der Waals surface area contributed by atoms with Crippen LogP contribution >= 0.6 is 0 Å². The number of amides is 1. The lowest BCUT2D eigenvalue weighted by molar-refractivity contribution is -0.216. The molecule has 0 saturated carbocycles. The van der Waals surface area contributed by atoms with Gasteiger partial charge >= 0.3 is 6.18 Å². The molecule has 1 aromatic carbocycles. The lowest BCUT2D eigenvalue weighted by Gasteiger charge is -2.29. The average molecular weight is 383 g/mol. The number of likely N-dealkylation sites (tertiary alicyclic amines) is 1. The standard InChI is InChI=1S/C18H20F3N3O3/c1-11-5-6-15(27-2)14(10-11)24-9-7-12(22-24)17(26)23-8-3-4-13(23)16(25)18(19,20)21/h5-7,9-10,13,16,25H,3-4,8H2,1-2H3/t13-,16-/m0/s1. The minimum atomic E-state index is -4.78. The molecule has 6 nitrogen and oxygen atoms in total. The van der Waals surface area contributed by atoms with Crippen LogP contribution in [0.1, 0.15) is 28.9 Å². The van der Waals surface area contributed by atoms with Gasteiger partial charge in [0.1, 0.15) is 11.4 Å². The van der Waals surface area contributed by atoms with E-state index in [1.165, 1.54) is 17.9 Å². The molecule has 1 amide bonds. The summed E-state index contributed by atoms with van der Waals surface area (Å²) < 4.78 is 45.3. The van der Waals surface area contributed by atoms with Gasteiger partial charge in [0.25, 0.3) is 5.91 Å². The lowest BCUT2D eigenvalue weighted by Crippen LogP contribution is -2.49. The number of aliphatic hydroxyl groups is 1. The monoisotopic (exact) mass is 383 g/mol. The molecule has 2 atom stereocenters. The Hall–Kier alpha value is -2.55. The predicted octanol–water partition coefficient (Wildman–Crippen LogP) is 2.72. The summed E-state index contributed by atoms with van der Waals surface area (Å²) in [6.45, 7) is 2.04. The highest BCUT2D eigenvalue weighted by molar-refractivity contribution is 5.92. The van der Waals surface area contributed by atoms with Crippen LogP contribution in [-0.2, 0) is 0 Å². The largest absolute Gasteiger partial charge is 0.494 e. The first-order chi connectivity index (χ1) is 12.7. The fourth-order valence-electron chi connectivity index (χ4n) is 3.29. The maximum Gasteiger partial charge on any atom is 0.416 e. The van der Waals surface area contributed by atoms with Crippen LogP contribution in [-0.4, -0.2) is 57.7 Å². The molecule has 1 aliphatic heterocycles. The Kier molecular flexibility index (Phi) is 5.14. The Bertz CT molecular complexity index is 835. The Morgan fingerprint density at radius 2 is 2.11 bits per heavy atom. The molecular formula is C18H20F3N3O3. The summed E-state index contributed by atoms with van der Waals surface area (Å²) in [5, 5.41) is 13.8. The van der Waals surface area contributed by atoms with Crippen LogP contribution in [0.3, 0.4) is 0 Å². The van der Waals surface area contributed by atoms with E-state index < -0.39 is 24.2 Å². The highest BCUT2D eigenvalue weighted by atomic mass is 19.4. The second-order valence-corrected chi connectivity index (χ2v) is 6.52. The summed E-state index contributed by atoms with van der Waals surface area (Å²) >= 11 is 0. The molecule has 2 aromatic rings. The normalized spacial score (nSPS) is 18.6. The van der Waals surface area contributed by atoms with Crippen LogP contribution in [0.15, 0.2) is 30.5 Å². The van der Waals surface area contributed by atoms with Crippen molar-refractivity contribution in [3.05, 3.63) is 41.7 Å². The molecule has 0 radical (unpaired) electrons. The summed E-state index contributed by atoms with van der Waals surface area (Å²) in [6, 6.07) is 5.61. The third-order valence-corrected chi connectivity index (χ3v) is 4.65. The molecule has 9 heteroatoms. The number of benzene rings is 1. The zero-order chi connectivity index (χ0) is 19.8. The summed E-state index contributed by atoms with van der Waals surface area (Å²) in [4.78, 5) is 13.7. The number of nitrogens with zero attached hydrogens (tertiary/aromatic N) is 3. The number of carbonyl (C=O) groups is 1. The summed E-state index contributed by atoms with van der Waals surface area (Å²) in [5.74, 6) is -0.0830. The second kappa shape index (κ2) is 7.22. The molecule has 1 saturated heterocycles. The van der Waals surface area contributed by atoms with Gasteiger partial charge in [-0.3, -0.25) is 4.79 Å². The van der Waals surface area contributed by atoms with Gasteiger partial charge in [0.2, 0.25) is 0 Å². The molecule has 2 heterocycles. The number of aliphatic hydroxyl groups excluding tert-OH is 1. The van der Waals surface area contributed by atoms with Gasteiger partial charge in [-0.05, 0) is 43.5 Å². The first-order valence-electron chi connectivity index (χ1n) is 8.49. The van der Waals surface area contributed by atoms with Gasteiger partial charge in [-0.2, -0.15) is 18.3 Å². The number of alkyl halides is 3. The molecule has 146 valence electrons. The third kappa shape index (κ3) is 3.78. The quantitative estimate of drug-likeness (QED) is 0.882. The van der Waals surface area contributed by atoms with Crippen LogP contribution < -0.4 is 4.74 Å². The molecular weight excluding hydrogens is 363 g/mol. The highest BCUT2D eigenvalue weighted by Gasteiger charge is 2.48. The van der Waals surface area contributed by atoms with E-state index in [2.05, 4.69) is 5.10 Å². The van der Waals surface area contributed by atoms with E-state index in [0.29, 0.717) is 17.9 Å². The van der Waals surface area contributed by atoms with Crippen molar-refractivity contribution >= 4 is 5.91 Å². The van der Waals surface area contributed by atoms with E-state index in [4.69, 9.17) is 4.74 Å². The van der Waals surface area contributed by atoms with E-state index in [0.717, 1.165) is 10.5 Å². The Balaban J connectivity index is 1.86. The van der Waals surface area contributed by atoms with Crippen molar-refractivity contribution in [2.75, 3.05) is 13.7 Å².